The van der Waals surface area contributed by atoms with Crippen molar-refractivity contribution < 1.29 is 19.8 Å². The summed E-state index contributed by atoms with van der Waals surface area (Å²) in [7, 11) is 0. The standard InChI is InChI=1S/C17H12INO4S/c18-12-4-1-10(2-5-12)9-19-16(22)15(24-17(19)23)7-11-3-6-13(20)8-14(11)21/h1-8,20-21H,9H2/b15-7-. The van der Waals surface area contributed by atoms with Crippen LogP contribution < -0.4 is 0 Å². The zero-order valence-corrected chi connectivity index (χ0v) is 15.2. The smallest absolute Gasteiger partial charge is 0.293 e. The van der Waals surface area contributed by atoms with Crippen LogP contribution in [0.4, 0.5) is 4.79 Å². The van der Waals surface area contributed by atoms with Crippen LogP contribution in [0, 0.1) is 3.57 Å². The number of hydrogen-bond donors (Lipinski definition) is 2. The van der Waals surface area contributed by atoms with Gasteiger partial charge in [-0.2, -0.15) is 0 Å². The Labute approximate surface area is 156 Å². The highest BCUT2D eigenvalue weighted by atomic mass is 127. The maximum absolute atomic E-state index is 12.5. The Morgan fingerprint density at radius 1 is 1.08 bits per heavy atom. The fourth-order valence-electron chi connectivity index (χ4n) is 2.20. The van der Waals surface area contributed by atoms with Gasteiger partial charge in [0.2, 0.25) is 0 Å². The topological polar surface area (TPSA) is 77.8 Å². The Morgan fingerprint density at radius 2 is 1.79 bits per heavy atom. The van der Waals surface area contributed by atoms with E-state index in [1.54, 1.807) is 0 Å². The number of hydrogen-bond acceptors (Lipinski definition) is 5. The van der Waals surface area contributed by atoms with Gasteiger partial charge in [0.1, 0.15) is 11.5 Å². The van der Waals surface area contributed by atoms with Crippen LogP contribution in [-0.4, -0.2) is 26.3 Å². The summed E-state index contributed by atoms with van der Waals surface area (Å²) in [5.41, 5.74) is 1.24. The molecule has 2 aromatic carbocycles. The maximum atomic E-state index is 12.5. The van der Waals surface area contributed by atoms with Crippen LogP contribution in [-0.2, 0) is 11.3 Å². The van der Waals surface area contributed by atoms with Crippen molar-refractivity contribution in [1.29, 1.82) is 0 Å². The van der Waals surface area contributed by atoms with Gasteiger partial charge in [-0.15, -0.1) is 0 Å². The molecule has 0 spiro atoms. The van der Waals surface area contributed by atoms with E-state index in [9.17, 15) is 19.8 Å². The molecule has 1 heterocycles. The van der Waals surface area contributed by atoms with Crippen molar-refractivity contribution in [2.24, 2.45) is 0 Å². The molecule has 2 amide bonds. The van der Waals surface area contributed by atoms with E-state index in [1.165, 1.54) is 29.2 Å². The molecule has 122 valence electrons. The summed E-state index contributed by atoms with van der Waals surface area (Å²) in [6.45, 7) is 0.209. The first kappa shape index (κ1) is 16.8. The molecule has 1 aliphatic rings. The fourth-order valence-corrected chi connectivity index (χ4v) is 3.39. The molecule has 2 aromatic rings. The first-order valence-corrected chi connectivity index (χ1v) is 8.85. The van der Waals surface area contributed by atoms with E-state index in [4.69, 9.17) is 0 Å². The van der Waals surface area contributed by atoms with Crippen LogP contribution in [0.25, 0.3) is 6.08 Å². The van der Waals surface area contributed by atoms with E-state index < -0.39 is 5.91 Å². The Hall–Kier alpha value is -2.00. The Morgan fingerprint density at radius 3 is 2.46 bits per heavy atom. The number of aromatic hydroxyl groups is 2. The van der Waals surface area contributed by atoms with E-state index in [2.05, 4.69) is 22.6 Å². The number of rotatable bonds is 3. The molecule has 0 aliphatic carbocycles. The third-order valence-corrected chi connectivity index (χ3v) is 5.05. The molecule has 0 atom stereocenters. The monoisotopic (exact) mass is 453 g/mol. The highest BCUT2D eigenvalue weighted by Gasteiger charge is 2.35. The number of halogens is 1. The molecular weight excluding hydrogens is 441 g/mol. The van der Waals surface area contributed by atoms with Crippen molar-refractivity contribution in [2.75, 3.05) is 0 Å². The van der Waals surface area contributed by atoms with Crippen LogP contribution in [0.2, 0.25) is 0 Å². The van der Waals surface area contributed by atoms with Crippen LogP contribution in [0.15, 0.2) is 47.4 Å². The lowest BCUT2D eigenvalue weighted by atomic mass is 10.1. The van der Waals surface area contributed by atoms with Gasteiger partial charge in [0, 0.05) is 15.2 Å². The second-order valence-electron chi connectivity index (χ2n) is 5.14. The minimum atomic E-state index is -0.393. The zero-order valence-electron chi connectivity index (χ0n) is 12.3. The van der Waals surface area contributed by atoms with Gasteiger partial charge in [0.15, 0.2) is 0 Å². The van der Waals surface area contributed by atoms with Gasteiger partial charge in [-0.05, 0) is 70.3 Å². The normalized spacial score (nSPS) is 16.2. The summed E-state index contributed by atoms with van der Waals surface area (Å²) in [6, 6.07) is 11.7. The van der Waals surface area contributed by atoms with E-state index in [1.807, 2.05) is 24.3 Å². The lowest BCUT2D eigenvalue weighted by Crippen LogP contribution is -2.27. The van der Waals surface area contributed by atoms with E-state index in [0.717, 1.165) is 20.9 Å². The lowest BCUT2D eigenvalue weighted by molar-refractivity contribution is -0.123. The molecule has 0 saturated carbocycles. The Balaban J connectivity index is 1.83. The number of nitrogens with zero attached hydrogens (tertiary/aromatic N) is 1. The van der Waals surface area contributed by atoms with Crippen LogP contribution in [0.5, 0.6) is 11.5 Å². The number of imide groups is 1. The van der Waals surface area contributed by atoms with E-state index >= 15 is 0 Å². The Kier molecular flexibility index (Phi) is 4.81. The van der Waals surface area contributed by atoms with Gasteiger partial charge in [-0.3, -0.25) is 14.5 Å². The number of phenols is 2. The van der Waals surface area contributed by atoms with Crippen LogP contribution in [0.1, 0.15) is 11.1 Å². The molecule has 0 radical (unpaired) electrons. The number of carbonyl (C=O) groups is 2. The van der Waals surface area contributed by atoms with Crippen molar-refractivity contribution in [3.63, 3.8) is 0 Å². The van der Waals surface area contributed by atoms with E-state index in [0.29, 0.717) is 5.56 Å². The molecule has 0 aromatic heterocycles. The molecule has 1 saturated heterocycles. The quantitative estimate of drug-likeness (QED) is 0.544. The number of thioether (sulfide) groups is 1. The second-order valence-corrected chi connectivity index (χ2v) is 7.38. The summed E-state index contributed by atoms with van der Waals surface area (Å²) in [4.78, 5) is 26.0. The molecule has 0 bridgehead atoms. The molecule has 2 N–H and O–H groups in total. The van der Waals surface area contributed by atoms with Crippen LogP contribution in [0.3, 0.4) is 0 Å². The molecule has 1 fully saturated rings. The first-order valence-electron chi connectivity index (χ1n) is 6.96. The van der Waals surface area contributed by atoms with Gasteiger partial charge in [-0.25, -0.2) is 0 Å². The van der Waals surface area contributed by atoms with Gasteiger partial charge >= 0.3 is 0 Å². The van der Waals surface area contributed by atoms with Gasteiger partial charge in [0.05, 0.1) is 11.4 Å². The molecule has 3 rings (SSSR count). The number of benzene rings is 2. The predicted octanol–water partition coefficient (Wildman–Crippen LogP) is 3.94. The SMILES string of the molecule is O=C1S/C(=C\c2ccc(O)cc2O)C(=O)N1Cc1ccc(I)cc1. The molecule has 1 aliphatic heterocycles. The van der Waals surface area contributed by atoms with Crippen molar-refractivity contribution in [3.05, 3.63) is 62.1 Å². The zero-order chi connectivity index (χ0) is 17.3. The largest absolute Gasteiger partial charge is 0.508 e. The summed E-state index contributed by atoms with van der Waals surface area (Å²) in [5.74, 6) is -0.619. The highest BCUT2D eigenvalue weighted by molar-refractivity contribution is 14.1. The predicted molar refractivity (Wildman–Crippen MR) is 100 cm³/mol. The summed E-state index contributed by atoms with van der Waals surface area (Å²) in [6.07, 6.45) is 1.45. The molecule has 24 heavy (non-hydrogen) atoms. The summed E-state index contributed by atoms with van der Waals surface area (Å²) >= 11 is 3.02. The third kappa shape index (κ3) is 3.57. The molecule has 0 unspecified atom stereocenters. The third-order valence-electron chi connectivity index (χ3n) is 3.43. The van der Waals surface area contributed by atoms with Crippen molar-refractivity contribution in [2.45, 2.75) is 6.54 Å². The van der Waals surface area contributed by atoms with Crippen molar-refractivity contribution in [1.82, 2.24) is 4.90 Å². The van der Waals surface area contributed by atoms with Crippen molar-refractivity contribution >= 4 is 51.6 Å². The minimum Gasteiger partial charge on any atom is -0.508 e. The van der Waals surface area contributed by atoms with Crippen molar-refractivity contribution in [3.8, 4) is 11.5 Å². The molecule has 5 nitrogen and oxygen atoms in total. The minimum absolute atomic E-state index is 0.0727. The van der Waals surface area contributed by atoms with Gasteiger partial charge in [-0.1, -0.05) is 12.1 Å². The van der Waals surface area contributed by atoms with Gasteiger partial charge in [0.25, 0.3) is 11.1 Å². The molecular formula is C17H12INO4S. The maximum Gasteiger partial charge on any atom is 0.293 e. The number of carbonyl (C=O) groups excluding carboxylic acids is 2. The average molecular weight is 453 g/mol. The average Bonchev–Trinajstić information content (AvgIpc) is 2.80. The van der Waals surface area contributed by atoms with E-state index in [-0.39, 0.29) is 28.2 Å². The Bertz CT molecular complexity index is 848. The molecule has 7 heteroatoms. The van der Waals surface area contributed by atoms with Gasteiger partial charge < -0.3 is 10.2 Å². The van der Waals surface area contributed by atoms with Crippen LogP contribution >= 0.6 is 34.4 Å². The first-order chi connectivity index (χ1) is 11.4. The number of phenolic OH excluding ortho intramolecular Hbond substituents is 2. The second kappa shape index (κ2) is 6.86. The summed E-state index contributed by atoms with van der Waals surface area (Å²) < 4.78 is 1.08. The lowest BCUT2D eigenvalue weighted by Gasteiger charge is -2.12. The fraction of sp³-hybridized carbons (Fsp3) is 0.0588. The summed E-state index contributed by atoms with van der Waals surface area (Å²) in [5, 5.41) is 18.8. The number of amides is 2. The highest BCUT2D eigenvalue weighted by Crippen LogP contribution is 2.35.